The number of thiophene rings is 1. The molecule has 0 saturated carbocycles. The molecule has 2 aromatic heterocycles. The number of nitrogens with one attached hydrogen (secondary N) is 1. The summed E-state index contributed by atoms with van der Waals surface area (Å²) in [7, 11) is 0. The molecule has 1 N–H and O–H groups in total. The van der Waals surface area contributed by atoms with Gasteiger partial charge in [-0.25, -0.2) is 4.98 Å². The monoisotopic (exact) mass is 399 g/mol. The van der Waals surface area contributed by atoms with Crippen molar-refractivity contribution in [2.24, 2.45) is 0 Å². The van der Waals surface area contributed by atoms with E-state index in [-0.39, 0.29) is 11.8 Å². The number of carbonyl (C=O) groups excluding carboxylic acids is 2. The van der Waals surface area contributed by atoms with Crippen LogP contribution in [0.5, 0.6) is 0 Å². The second-order valence-corrected chi connectivity index (χ2v) is 8.82. The smallest absolute Gasteiger partial charge is 0.224 e. The third kappa shape index (κ3) is 3.49. The predicted molar refractivity (Wildman–Crippen MR) is 111 cm³/mol. The molecular formula is C20H21N3O2S2. The third-order valence-electron chi connectivity index (χ3n) is 4.74. The summed E-state index contributed by atoms with van der Waals surface area (Å²) < 4.78 is 1.14. The first kappa shape index (κ1) is 18.1. The number of anilines is 1. The summed E-state index contributed by atoms with van der Waals surface area (Å²) in [5, 5.41) is 4.90. The van der Waals surface area contributed by atoms with Gasteiger partial charge >= 0.3 is 0 Å². The predicted octanol–water partition coefficient (Wildman–Crippen LogP) is 4.67. The number of fused-ring (bicyclic) bond motifs is 2. The molecule has 0 fully saturated rings. The number of para-hydroxylation sites is 1. The quantitative estimate of drug-likeness (QED) is 0.693. The second-order valence-electron chi connectivity index (χ2n) is 6.68. The Bertz CT molecular complexity index is 989. The summed E-state index contributed by atoms with van der Waals surface area (Å²) in [4.78, 5) is 31.9. The first-order chi connectivity index (χ1) is 13.1. The molecule has 3 aromatic rings. The molecule has 0 bridgehead atoms. The van der Waals surface area contributed by atoms with Crippen LogP contribution in [0.4, 0.5) is 5.00 Å². The normalized spacial score (nSPS) is 13.6. The molecule has 5 nitrogen and oxygen atoms in total. The number of thiazole rings is 1. The Morgan fingerprint density at radius 1 is 1.26 bits per heavy atom. The van der Waals surface area contributed by atoms with E-state index in [0.29, 0.717) is 19.5 Å². The summed E-state index contributed by atoms with van der Waals surface area (Å²) in [6.07, 6.45) is 2.10. The zero-order chi connectivity index (χ0) is 19.0. The maximum Gasteiger partial charge on any atom is 0.224 e. The van der Waals surface area contributed by atoms with Crippen LogP contribution in [0.3, 0.4) is 0 Å². The highest BCUT2D eigenvalue weighted by Crippen LogP contribution is 2.45. The zero-order valence-electron chi connectivity index (χ0n) is 15.4. The van der Waals surface area contributed by atoms with Crippen molar-refractivity contribution in [3.8, 4) is 10.6 Å². The molecule has 1 aromatic carbocycles. The van der Waals surface area contributed by atoms with Gasteiger partial charge in [0.2, 0.25) is 11.8 Å². The lowest BCUT2D eigenvalue weighted by atomic mass is 10.0. The van der Waals surface area contributed by atoms with Gasteiger partial charge in [-0.2, -0.15) is 0 Å². The molecule has 0 atom stereocenters. The number of amides is 2. The number of benzene rings is 1. The maximum absolute atomic E-state index is 12.3. The van der Waals surface area contributed by atoms with Gasteiger partial charge in [0.25, 0.3) is 0 Å². The molecule has 0 unspecified atom stereocenters. The zero-order valence-corrected chi connectivity index (χ0v) is 17.0. The summed E-state index contributed by atoms with van der Waals surface area (Å²) in [5.41, 5.74) is 3.25. The van der Waals surface area contributed by atoms with E-state index in [1.54, 1.807) is 29.6 Å². The summed E-state index contributed by atoms with van der Waals surface area (Å²) in [6.45, 7) is 4.92. The van der Waals surface area contributed by atoms with E-state index in [4.69, 9.17) is 4.98 Å². The van der Waals surface area contributed by atoms with Gasteiger partial charge in [-0.05, 0) is 30.5 Å². The van der Waals surface area contributed by atoms with E-state index in [0.717, 1.165) is 43.5 Å². The molecule has 27 heavy (non-hydrogen) atoms. The standard InChI is InChI=1S/C20H21N3O2S2/c1-3-6-17(25)22-20-18(19-21-14-7-4-5-8-15(14)26-19)13-9-10-23(12(2)24)11-16(13)27-20/h4-5,7-8H,3,6,9-11H2,1-2H3,(H,22,25). The van der Waals surface area contributed by atoms with E-state index in [2.05, 4.69) is 11.4 Å². The van der Waals surface area contributed by atoms with Crippen LogP contribution in [0.15, 0.2) is 24.3 Å². The van der Waals surface area contributed by atoms with Gasteiger partial charge in [0.15, 0.2) is 0 Å². The van der Waals surface area contributed by atoms with Crippen LogP contribution in [0.1, 0.15) is 37.1 Å². The number of aromatic nitrogens is 1. The molecule has 4 rings (SSSR count). The van der Waals surface area contributed by atoms with E-state index in [1.807, 2.05) is 30.0 Å². The molecule has 2 amide bonds. The van der Waals surface area contributed by atoms with Crippen LogP contribution < -0.4 is 5.32 Å². The Labute approximate surface area is 166 Å². The van der Waals surface area contributed by atoms with E-state index < -0.39 is 0 Å². The van der Waals surface area contributed by atoms with Gasteiger partial charge in [0, 0.05) is 30.3 Å². The third-order valence-corrected chi connectivity index (χ3v) is 6.93. The van der Waals surface area contributed by atoms with Crippen molar-refractivity contribution in [2.75, 3.05) is 11.9 Å². The molecule has 1 aliphatic rings. The summed E-state index contributed by atoms with van der Waals surface area (Å²) in [5.74, 6) is 0.119. The van der Waals surface area contributed by atoms with Gasteiger partial charge in [-0.1, -0.05) is 19.1 Å². The van der Waals surface area contributed by atoms with Crippen LogP contribution in [-0.2, 0) is 22.6 Å². The molecule has 0 saturated heterocycles. The van der Waals surface area contributed by atoms with Crippen molar-refractivity contribution in [1.82, 2.24) is 9.88 Å². The number of rotatable bonds is 4. The van der Waals surface area contributed by atoms with Crippen LogP contribution in [0.2, 0.25) is 0 Å². The van der Waals surface area contributed by atoms with Gasteiger partial charge in [0.1, 0.15) is 10.0 Å². The van der Waals surface area contributed by atoms with Crippen LogP contribution in [0, 0.1) is 0 Å². The highest BCUT2D eigenvalue weighted by atomic mass is 32.1. The Morgan fingerprint density at radius 3 is 2.81 bits per heavy atom. The fourth-order valence-electron chi connectivity index (χ4n) is 3.38. The average Bonchev–Trinajstić information content (AvgIpc) is 3.21. The largest absolute Gasteiger partial charge is 0.337 e. The Kier molecular flexibility index (Phi) is 4.97. The van der Waals surface area contributed by atoms with Gasteiger partial charge < -0.3 is 10.2 Å². The minimum atomic E-state index is 0.0295. The second kappa shape index (κ2) is 7.40. The van der Waals surface area contributed by atoms with Crippen molar-refractivity contribution < 1.29 is 9.59 Å². The fourth-order valence-corrected chi connectivity index (χ4v) is 5.77. The summed E-state index contributed by atoms with van der Waals surface area (Å²) >= 11 is 3.24. The molecule has 0 radical (unpaired) electrons. The molecule has 0 aliphatic carbocycles. The molecular weight excluding hydrogens is 378 g/mol. The number of hydrogen-bond acceptors (Lipinski definition) is 5. The van der Waals surface area contributed by atoms with Crippen molar-refractivity contribution in [3.05, 3.63) is 34.7 Å². The maximum atomic E-state index is 12.3. The fraction of sp³-hybridized carbons (Fsp3) is 0.350. The average molecular weight is 400 g/mol. The van der Waals surface area contributed by atoms with Crippen molar-refractivity contribution in [3.63, 3.8) is 0 Å². The SMILES string of the molecule is CCCC(=O)Nc1sc2c(c1-c1nc3ccccc3s1)CCN(C(C)=O)C2. The number of carbonyl (C=O) groups is 2. The number of nitrogens with zero attached hydrogens (tertiary/aromatic N) is 2. The molecule has 0 spiro atoms. The first-order valence-electron chi connectivity index (χ1n) is 9.12. The molecule has 140 valence electrons. The van der Waals surface area contributed by atoms with E-state index in [1.165, 1.54) is 5.56 Å². The van der Waals surface area contributed by atoms with Crippen LogP contribution in [0.25, 0.3) is 20.8 Å². The highest BCUT2D eigenvalue weighted by Gasteiger charge is 2.28. The molecule has 3 heterocycles. The lowest BCUT2D eigenvalue weighted by Crippen LogP contribution is -2.33. The first-order valence-corrected chi connectivity index (χ1v) is 10.8. The lowest BCUT2D eigenvalue weighted by Gasteiger charge is -2.26. The Morgan fingerprint density at radius 2 is 2.07 bits per heavy atom. The van der Waals surface area contributed by atoms with Crippen LogP contribution >= 0.6 is 22.7 Å². The van der Waals surface area contributed by atoms with E-state index >= 15 is 0 Å². The Hall–Kier alpha value is -2.25. The van der Waals surface area contributed by atoms with E-state index in [9.17, 15) is 9.59 Å². The molecule has 1 aliphatic heterocycles. The topological polar surface area (TPSA) is 62.3 Å². The summed E-state index contributed by atoms with van der Waals surface area (Å²) in [6, 6.07) is 8.09. The highest BCUT2D eigenvalue weighted by molar-refractivity contribution is 7.22. The van der Waals surface area contributed by atoms with Crippen molar-refractivity contribution >= 4 is 49.7 Å². The van der Waals surface area contributed by atoms with Gasteiger partial charge in [-0.3, -0.25) is 9.59 Å². The van der Waals surface area contributed by atoms with Gasteiger partial charge in [0.05, 0.1) is 16.8 Å². The minimum Gasteiger partial charge on any atom is -0.337 e. The van der Waals surface area contributed by atoms with Crippen LogP contribution in [-0.4, -0.2) is 28.2 Å². The lowest BCUT2D eigenvalue weighted by molar-refractivity contribution is -0.129. The Balaban J connectivity index is 1.80. The molecule has 7 heteroatoms. The van der Waals surface area contributed by atoms with Crippen molar-refractivity contribution in [2.45, 2.75) is 39.7 Å². The minimum absolute atomic E-state index is 0.0295. The van der Waals surface area contributed by atoms with Gasteiger partial charge in [-0.15, -0.1) is 22.7 Å². The number of hydrogen-bond donors (Lipinski definition) is 1. The van der Waals surface area contributed by atoms with Crippen molar-refractivity contribution in [1.29, 1.82) is 0 Å².